The summed E-state index contributed by atoms with van der Waals surface area (Å²) in [5.41, 5.74) is 0. The third kappa shape index (κ3) is 34.2. The molecule has 0 rings (SSSR count). The molecule has 0 heterocycles. The molecule has 1 radical (unpaired) electrons. The summed E-state index contributed by atoms with van der Waals surface area (Å²) < 4.78 is 0. The van der Waals surface area contributed by atoms with Crippen LogP contribution in [0.15, 0.2) is 0 Å². The highest BCUT2D eigenvalue weighted by molar-refractivity contribution is 6.24. The predicted molar refractivity (Wildman–Crippen MR) is 163 cm³/mol. The highest BCUT2D eigenvalue weighted by Crippen LogP contribution is 2.16. The Morgan fingerprint density at radius 1 is 0.286 bits per heavy atom. The second-order valence-electron chi connectivity index (χ2n) is 11.7. The van der Waals surface area contributed by atoms with E-state index < -0.39 is 9.76 Å². The van der Waals surface area contributed by atoms with Gasteiger partial charge < -0.3 is 4.80 Å². The largest absolute Gasteiger partial charge is 0.306 e. The molecular weight excluding hydrogens is 440 g/mol. The van der Waals surface area contributed by atoms with Crippen LogP contribution in [0.5, 0.6) is 0 Å². The molecule has 0 unspecified atom stereocenters. The molecule has 1 nitrogen and oxygen atoms in total. The van der Waals surface area contributed by atoms with Crippen LogP contribution in [-0.4, -0.2) is 9.76 Å². The molecule has 0 aliphatic heterocycles. The van der Waals surface area contributed by atoms with E-state index in [4.69, 9.17) is 0 Å². The summed E-state index contributed by atoms with van der Waals surface area (Å²) in [5, 5.41) is 0. The van der Waals surface area contributed by atoms with Gasteiger partial charge in [0.25, 0.3) is 0 Å². The van der Waals surface area contributed by atoms with Crippen molar-refractivity contribution in [3.05, 3.63) is 0 Å². The minimum Gasteiger partial charge on any atom is -0.306 e. The lowest BCUT2D eigenvalue weighted by Gasteiger charge is -2.04. The second-order valence-corrected chi connectivity index (χ2v) is 12.8. The summed E-state index contributed by atoms with van der Waals surface area (Å²) in [6, 6.07) is 1.03. The van der Waals surface area contributed by atoms with E-state index in [-0.39, 0.29) is 0 Å². The summed E-state index contributed by atoms with van der Waals surface area (Å²) in [6.07, 6.45) is 45.0. The molecule has 0 aromatic rings. The van der Waals surface area contributed by atoms with Crippen LogP contribution in [-0.2, 0) is 4.80 Å². The third-order valence-electron chi connectivity index (χ3n) is 8.00. The van der Waals surface area contributed by atoms with Crippen molar-refractivity contribution in [1.29, 1.82) is 0 Å². The Labute approximate surface area is 226 Å². The fourth-order valence-electron chi connectivity index (χ4n) is 5.48. The standard InChI is InChI=1S/C33H69OSi/c1-2-3-4-5-6-7-8-9-10-11-12-13-14-15-16-17-18-19-20-21-22-23-24-25-26-27-28-29-30-31-32-33-35-34/h2-33,35H2,1H3. The molecule has 35 heavy (non-hydrogen) atoms. The first-order chi connectivity index (χ1) is 17.4. The molecule has 0 N–H and O–H groups in total. The minimum atomic E-state index is -0.912. The Hall–Kier alpha value is 0.177. The number of hydrogen-bond acceptors (Lipinski definition) is 0. The van der Waals surface area contributed by atoms with E-state index in [0.717, 1.165) is 6.04 Å². The number of hydrogen-bond donors (Lipinski definition) is 0. The Morgan fingerprint density at radius 2 is 0.457 bits per heavy atom. The average molecular weight is 510 g/mol. The van der Waals surface area contributed by atoms with Gasteiger partial charge >= 0.3 is 0 Å². The maximum Gasteiger partial charge on any atom is 0.207 e. The van der Waals surface area contributed by atoms with E-state index in [2.05, 4.69) is 6.92 Å². The van der Waals surface area contributed by atoms with Gasteiger partial charge in [0.1, 0.15) is 0 Å². The molecule has 0 fully saturated rings. The lowest BCUT2D eigenvalue weighted by molar-refractivity contribution is 0.468. The fourth-order valence-corrected chi connectivity index (χ4v) is 6.04. The van der Waals surface area contributed by atoms with Crippen molar-refractivity contribution in [2.75, 3.05) is 0 Å². The Kier molecular flexibility index (Phi) is 34.3. The van der Waals surface area contributed by atoms with Gasteiger partial charge in [-0.05, 0) is 6.04 Å². The first-order valence-corrected chi connectivity index (χ1v) is 18.6. The van der Waals surface area contributed by atoms with Crippen LogP contribution in [0.4, 0.5) is 0 Å². The SMILES string of the molecule is CCCCCCCCCCCCCCCCCCCCCCCCCCCCCCCCC[SiH2][O]. The van der Waals surface area contributed by atoms with Gasteiger partial charge in [0.15, 0.2) is 0 Å². The zero-order valence-corrected chi connectivity index (χ0v) is 26.2. The first kappa shape index (κ1) is 35.2. The molecule has 2 heteroatoms. The molecule has 0 aromatic carbocycles. The van der Waals surface area contributed by atoms with E-state index in [1.807, 2.05) is 0 Å². The van der Waals surface area contributed by atoms with Crippen LogP contribution >= 0.6 is 0 Å². The third-order valence-corrected chi connectivity index (χ3v) is 8.79. The van der Waals surface area contributed by atoms with Crippen LogP contribution in [0.2, 0.25) is 6.04 Å². The van der Waals surface area contributed by atoms with Gasteiger partial charge in [-0.3, -0.25) is 0 Å². The quantitative estimate of drug-likeness (QED) is 0.0634. The number of rotatable bonds is 32. The van der Waals surface area contributed by atoms with Crippen molar-refractivity contribution in [2.24, 2.45) is 0 Å². The summed E-state index contributed by atoms with van der Waals surface area (Å²) >= 11 is 0. The van der Waals surface area contributed by atoms with Gasteiger partial charge in [0.2, 0.25) is 9.76 Å². The van der Waals surface area contributed by atoms with Crippen molar-refractivity contribution < 1.29 is 4.80 Å². The van der Waals surface area contributed by atoms with Gasteiger partial charge in [-0.25, -0.2) is 0 Å². The second kappa shape index (κ2) is 34.2. The van der Waals surface area contributed by atoms with Gasteiger partial charge in [-0.2, -0.15) is 0 Å². The van der Waals surface area contributed by atoms with Gasteiger partial charge in [-0.1, -0.05) is 206 Å². The molecule has 211 valence electrons. The molecule has 0 spiro atoms. The van der Waals surface area contributed by atoms with Gasteiger partial charge in [0.05, 0.1) is 0 Å². The smallest absolute Gasteiger partial charge is 0.207 e. The summed E-state index contributed by atoms with van der Waals surface area (Å²) in [5.74, 6) is 0. The Balaban J connectivity index is 3.00. The van der Waals surface area contributed by atoms with E-state index in [1.165, 1.54) is 199 Å². The highest BCUT2D eigenvalue weighted by Gasteiger charge is 1.97. The van der Waals surface area contributed by atoms with Crippen molar-refractivity contribution in [2.45, 2.75) is 212 Å². The van der Waals surface area contributed by atoms with E-state index in [9.17, 15) is 4.80 Å². The summed E-state index contributed by atoms with van der Waals surface area (Å²) in [7, 11) is -0.912. The average Bonchev–Trinajstić information content (AvgIpc) is 2.87. The fraction of sp³-hybridized carbons (Fsp3) is 1.00. The van der Waals surface area contributed by atoms with Crippen LogP contribution < -0.4 is 0 Å². The van der Waals surface area contributed by atoms with E-state index in [1.54, 1.807) is 0 Å². The highest BCUT2D eigenvalue weighted by atomic mass is 28.2. The Bertz CT molecular complexity index is 314. The van der Waals surface area contributed by atoms with Crippen LogP contribution in [0, 0.1) is 0 Å². The minimum absolute atomic E-state index is 0.912. The van der Waals surface area contributed by atoms with Crippen LogP contribution in [0.25, 0.3) is 0 Å². The molecule has 0 bridgehead atoms. The summed E-state index contributed by atoms with van der Waals surface area (Å²) in [4.78, 5) is 10.5. The van der Waals surface area contributed by atoms with Gasteiger partial charge in [0, 0.05) is 0 Å². The normalized spacial score (nSPS) is 11.8. The number of unbranched alkanes of at least 4 members (excludes halogenated alkanes) is 30. The molecule has 0 saturated carbocycles. The van der Waals surface area contributed by atoms with E-state index >= 15 is 0 Å². The van der Waals surface area contributed by atoms with Gasteiger partial charge in [-0.15, -0.1) is 0 Å². The molecule has 0 atom stereocenters. The maximum absolute atomic E-state index is 10.5. The molecule has 0 aliphatic carbocycles. The lowest BCUT2D eigenvalue weighted by Crippen LogP contribution is -1.86. The summed E-state index contributed by atoms with van der Waals surface area (Å²) in [6.45, 7) is 2.30. The first-order valence-electron chi connectivity index (χ1n) is 17.0. The molecule has 0 saturated heterocycles. The van der Waals surface area contributed by atoms with Crippen molar-refractivity contribution in [1.82, 2.24) is 0 Å². The molecule has 0 aliphatic rings. The van der Waals surface area contributed by atoms with E-state index in [0.29, 0.717) is 0 Å². The zero-order chi connectivity index (χ0) is 25.3. The zero-order valence-electron chi connectivity index (χ0n) is 24.7. The predicted octanol–water partition coefficient (Wildman–Crippen LogP) is 12.0. The Morgan fingerprint density at radius 3 is 0.629 bits per heavy atom. The topological polar surface area (TPSA) is 19.9 Å². The molecular formula is C33H69OSi. The maximum atomic E-state index is 10.5. The lowest BCUT2D eigenvalue weighted by atomic mass is 10.0. The van der Waals surface area contributed by atoms with Crippen LogP contribution in [0.3, 0.4) is 0 Å². The van der Waals surface area contributed by atoms with Crippen LogP contribution in [0.1, 0.15) is 206 Å². The van der Waals surface area contributed by atoms with Crippen molar-refractivity contribution in [3.63, 3.8) is 0 Å². The van der Waals surface area contributed by atoms with Crippen molar-refractivity contribution in [3.8, 4) is 0 Å². The molecule has 0 aromatic heterocycles. The van der Waals surface area contributed by atoms with Crippen molar-refractivity contribution >= 4 is 9.76 Å². The molecule has 0 amide bonds. The monoisotopic (exact) mass is 510 g/mol.